The number of thiazole rings is 1. The molecule has 1 aromatic heterocycles. The number of nitro benzene ring substituents is 1. The first-order valence-corrected chi connectivity index (χ1v) is 8.38. The van der Waals surface area contributed by atoms with Crippen molar-refractivity contribution in [2.75, 3.05) is 5.32 Å². The van der Waals surface area contributed by atoms with E-state index in [1.54, 1.807) is 42.6 Å². The van der Waals surface area contributed by atoms with Crippen LogP contribution in [0.2, 0.25) is 0 Å². The van der Waals surface area contributed by atoms with E-state index in [1.165, 1.54) is 23.5 Å². The van der Waals surface area contributed by atoms with E-state index in [4.69, 9.17) is 5.26 Å². The van der Waals surface area contributed by atoms with Gasteiger partial charge in [0.2, 0.25) is 0 Å². The smallest absolute Gasteiger partial charge is 0.272 e. The number of nitrogens with one attached hydrogen (secondary N) is 1. The van der Waals surface area contributed by atoms with Gasteiger partial charge >= 0.3 is 0 Å². The fourth-order valence-electron chi connectivity index (χ4n) is 2.33. The van der Waals surface area contributed by atoms with Gasteiger partial charge < -0.3 is 0 Å². The molecule has 0 aliphatic carbocycles. The Morgan fingerprint density at radius 1 is 1.31 bits per heavy atom. The molecule has 0 aliphatic heterocycles. The Balaban J connectivity index is 1.82. The number of hydrogen-bond acceptors (Lipinski definition) is 6. The van der Waals surface area contributed by atoms with Gasteiger partial charge in [-0.15, -0.1) is 11.3 Å². The number of aromatic nitrogens is 1. The van der Waals surface area contributed by atoms with Gasteiger partial charge in [-0.2, -0.15) is 5.26 Å². The molecule has 0 spiro atoms. The van der Waals surface area contributed by atoms with Crippen LogP contribution in [-0.2, 0) is 0 Å². The predicted molar refractivity (Wildman–Crippen MR) is 98.1 cm³/mol. The lowest BCUT2D eigenvalue weighted by Gasteiger charge is -2.02. The molecule has 0 bridgehead atoms. The lowest BCUT2D eigenvalue weighted by atomic mass is 10.1. The van der Waals surface area contributed by atoms with Gasteiger partial charge in [0.25, 0.3) is 11.6 Å². The number of carbonyl (C=O) groups excluding carboxylic acids is 1. The molecule has 2 aromatic carbocycles. The highest BCUT2D eigenvalue weighted by molar-refractivity contribution is 7.14. The molecule has 0 radical (unpaired) electrons. The van der Waals surface area contributed by atoms with Gasteiger partial charge in [-0.25, -0.2) is 4.98 Å². The molecule has 8 heteroatoms. The van der Waals surface area contributed by atoms with Crippen LogP contribution in [0.5, 0.6) is 0 Å². The number of nitriles is 1. The fourth-order valence-corrected chi connectivity index (χ4v) is 3.04. The molecule has 1 amide bonds. The molecule has 0 aliphatic rings. The normalized spacial score (nSPS) is 10.2. The van der Waals surface area contributed by atoms with Crippen LogP contribution in [0.4, 0.5) is 10.8 Å². The zero-order chi connectivity index (χ0) is 18.7. The topological polar surface area (TPSA) is 109 Å². The quantitative estimate of drug-likeness (QED) is 0.552. The number of amides is 1. The Morgan fingerprint density at radius 3 is 2.85 bits per heavy atom. The van der Waals surface area contributed by atoms with Gasteiger partial charge in [0.15, 0.2) is 5.13 Å². The van der Waals surface area contributed by atoms with E-state index in [1.807, 2.05) is 6.07 Å². The molecule has 0 saturated heterocycles. The number of aryl methyl sites for hydroxylation is 1. The summed E-state index contributed by atoms with van der Waals surface area (Å²) in [6.45, 7) is 1.67. The van der Waals surface area contributed by atoms with Crippen LogP contribution in [0.15, 0.2) is 47.8 Å². The molecular weight excluding hydrogens is 352 g/mol. The average molecular weight is 364 g/mol. The third kappa shape index (κ3) is 3.58. The lowest BCUT2D eigenvalue weighted by molar-refractivity contribution is -0.385. The molecule has 7 nitrogen and oxygen atoms in total. The summed E-state index contributed by atoms with van der Waals surface area (Å²) in [6, 6.07) is 13.2. The number of nitrogens with zero attached hydrogens (tertiary/aromatic N) is 3. The van der Waals surface area contributed by atoms with E-state index in [9.17, 15) is 14.9 Å². The van der Waals surface area contributed by atoms with Crippen LogP contribution in [-0.4, -0.2) is 15.8 Å². The largest absolute Gasteiger partial charge is 0.298 e. The van der Waals surface area contributed by atoms with Crippen LogP contribution in [0.3, 0.4) is 0 Å². The van der Waals surface area contributed by atoms with Gasteiger partial charge in [-0.05, 0) is 25.1 Å². The van der Waals surface area contributed by atoms with E-state index in [0.29, 0.717) is 33.1 Å². The van der Waals surface area contributed by atoms with Gasteiger partial charge in [0.05, 0.1) is 22.2 Å². The standard InChI is InChI=1S/C18H12N4O3S/c1-11-5-6-13(8-16(11)22(24)25)15-10-26-18(20-15)21-17(23)14-4-2-3-12(7-14)9-19/h2-8,10H,1H3,(H,20,21,23). The average Bonchev–Trinajstić information content (AvgIpc) is 3.10. The number of nitro groups is 1. The number of anilines is 1. The molecule has 0 saturated carbocycles. The second-order valence-electron chi connectivity index (χ2n) is 5.44. The molecule has 1 N–H and O–H groups in total. The molecule has 1 heterocycles. The first-order chi connectivity index (χ1) is 12.5. The van der Waals surface area contributed by atoms with Crippen molar-refractivity contribution in [3.63, 3.8) is 0 Å². The summed E-state index contributed by atoms with van der Waals surface area (Å²) in [5.41, 5.74) is 2.48. The Labute approximate surface area is 152 Å². The maximum atomic E-state index is 12.3. The monoisotopic (exact) mass is 364 g/mol. The Morgan fingerprint density at radius 2 is 2.12 bits per heavy atom. The van der Waals surface area contributed by atoms with E-state index in [-0.39, 0.29) is 11.6 Å². The van der Waals surface area contributed by atoms with Crippen LogP contribution in [0, 0.1) is 28.4 Å². The van der Waals surface area contributed by atoms with Gasteiger partial charge in [0, 0.05) is 28.1 Å². The van der Waals surface area contributed by atoms with Crippen molar-refractivity contribution in [2.45, 2.75) is 6.92 Å². The summed E-state index contributed by atoms with van der Waals surface area (Å²) in [4.78, 5) is 27.2. The maximum Gasteiger partial charge on any atom is 0.272 e. The summed E-state index contributed by atoms with van der Waals surface area (Å²) in [7, 11) is 0. The van der Waals surface area contributed by atoms with Crippen molar-refractivity contribution >= 4 is 28.1 Å². The third-order valence-corrected chi connectivity index (χ3v) is 4.44. The van der Waals surface area contributed by atoms with E-state index >= 15 is 0 Å². The van der Waals surface area contributed by atoms with Crippen molar-refractivity contribution in [1.82, 2.24) is 4.98 Å². The van der Waals surface area contributed by atoms with Crippen LogP contribution < -0.4 is 5.32 Å². The molecule has 3 aromatic rings. The summed E-state index contributed by atoms with van der Waals surface area (Å²) >= 11 is 1.22. The second-order valence-corrected chi connectivity index (χ2v) is 6.30. The Kier molecular flexibility index (Phi) is 4.73. The van der Waals surface area contributed by atoms with E-state index < -0.39 is 4.92 Å². The number of rotatable bonds is 4. The van der Waals surface area contributed by atoms with Crippen LogP contribution >= 0.6 is 11.3 Å². The summed E-state index contributed by atoms with van der Waals surface area (Å²) in [6.07, 6.45) is 0. The van der Waals surface area contributed by atoms with Crippen LogP contribution in [0.1, 0.15) is 21.5 Å². The molecule has 26 heavy (non-hydrogen) atoms. The van der Waals surface area contributed by atoms with Crippen molar-refractivity contribution in [3.05, 3.63) is 74.6 Å². The Hall–Kier alpha value is -3.57. The predicted octanol–water partition coefficient (Wildman–Crippen LogP) is 4.15. The van der Waals surface area contributed by atoms with Crippen molar-refractivity contribution in [2.24, 2.45) is 0 Å². The molecule has 0 unspecified atom stereocenters. The maximum absolute atomic E-state index is 12.3. The van der Waals surface area contributed by atoms with Crippen LogP contribution in [0.25, 0.3) is 11.3 Å². The number of hydrogen-bond donors (Lipinski definition) is 1. The second kappa shape index (κ2) is 7.13. The number of carbonyl (C=O) groups is 1. The minimum absolute atomic E-state index is 0.0226. The van der Waals surface area contributed by atoms with Crippen molar-refractivity contribution in [3.8, 4) is 17.3 Å². The Bertz CT molecular complexity index is 1050. The minimum Gasteiger partial charge on any atom is -0.298 e. The zero-order valence-corrected chi connectivity index (χ0v) is 14.4. The lowest BCUT2D eigenvalue weighted by Crippen LogP contribution is -2.11. The molecule has 128 valence electrons. The SMILES string of the molecule is Cc1ccc(-c2csc(NC(=O)c3cccc(C#N)c3)n2)cc1[N+](=O)[O-]. The highest BCUT2D eigenvalue weighted by Gasteiger charge is 2.15. The summed E-state index contributed by atoms with van der Waals surface area (Å²) in [5.74, 6) is -0.377. The number of benzene rings is 2. The summed E-state index contributed by atoms with van der Waals surface area (Å²) in [5, 5.41) is 24.7. The van der Waals surface area contributed by atoms with Crippen molar-refractivity contribution in [1.29, 1.82) is 5.26 Å². The molecule has 0 fully saturated rings. The van der Waals surface area contributed by atoms with Gasteiger partial charge in [0.1, 0.15) is 0 Å². The van der Waals surface area contributed by atoms with Crippen molar-refractivity contribution < 1.29 is 9.72 Å². The van der Waals surface area contributed by atoms with Gasteiger partial charge in [-0.1, -0.05) is 18.2 Å². The molecule has 3 rings (SSSR count). The molecule has 0 atom stereocenters. The zero-order valence-electron chi connectivity index (χ0n) is 13.6. The van der Waals surface area contributed by atoms with Gasteiger partial charge in [-0.3, -0.25) is 20.2 Å². The first-order valence-electron chi connectivity index (χ1n) is 7.50. The highest BCUT2D eigenvalue weighted by atomic mass is 32.1. The minimum atomic E-state index is -0.434. The fraction of sp³-hybridized carbons (Fsp3) is 0.0556. The molecular formula is C18H12N4O3S. The summed E-state index contributed by atoms with van der Waals surface area (Å²) < 4.78 is 0. The first kappa shape index (κ1) is 17.3. The highest BCUT2D eigenvalue weighted by Crippen LogP contribution is 2.29. The van der Waals surface area contributed by atoms with E-state index in [2.05, 4.69) is 10.3 Å². The third-order valence-electron chi connectivity index (χ3n) is 3.68. The van der Waals surface area contributed by atoms with E-state index in [0.717, 1.165) is 0 Å².